The fraction of sp³-hybridized carbons (Fsp3) is 0.947. The van der Waals surface area contributed by atoms with Gasteiger partial charge in [0.2, 0.25) is 5.91 Å². The van der Waals surface area contributed by atoms with Gasteiger partial charge in [-0.1, -0.05) is 46.5 Å². The molecule has 0 aromatic rings. The zero-order valence-electron chi connectivity index (χ0n) is 17.7. The molecule has 0 fully saturated rings. The molecule has 0 spiro atoms. The molecule has 0 rings (SSSR count). The number of unbranched alkanes of at least 4 members (excludes halogenated alkanes) is 3. The summed E-state index contributed by atoms with van der Waals surface area (Å²) in [4.78, 5) is 12.1. The lowest BCUT2D eigenvalue weighted by atomic mass is 9.90. The molecule has 0 radical (unpaired) electrons. The molecule has 0 aliphatic heterocycles. The molecule has 0 saturated carbocycles. The van der Waals surface area contributed by atoms with Crippen molar-refractivity contribution in [3.8, 4) is 0 Å². The van der Waals surface area contributed by atoms with Crippen LogP contribution in [0, 0.1) is 5.41 Å². The Morgan fingerprint density at radius 1 is 1.08 bits per heavy atom. The van der Waals surface area contributed by atoms with Crippen LogP contribution in [0.2, 0.25) is 6.04 Å². The Hall–Kier alpha value is -0.473. The third kappa shape index (κ3) is 11.3. The number of amides is 1. The van der Waals surface area contributed by atoms with E-state index in [2.05, 4.69) is 26.1 Å². The zero-order chi connectivity index (χ0) is 20.1. The highest BCUT2D eigenvalue weighted by Crippen LogP contribution is 2.27. The van der Waals surface area contributed by atoms with Crippen LogP contribution < -0.4 is 5.32 Å². The van der Waals surface area contributed by atoms with Crippen molar-refractivity contribution in [3.05, 3.63) is 0 Å². The summed E-state index contributed by atoms with van der Waals surface area (Å²) in [7, 11) is 2.26. The molecule has 0 aliphatic carbocycles. The van der Waals surface area contributed by atoms with Crippen LogP contribution in [0.4, 0.5) is 0 Å². The van der Waals surface area contributed by atoms with Gasteiger partial charge in [0.15, 0.2) is 0 Å². The second-order valence-corrected chi connectivity index (χ2v) is 10.9. The molecule has 0 saturated heterocycles. The quantitative estimate of drug-likeness (QED) is 0.311. The van der Waals surface area contributed by atoms with Crippen molar-refractivity contribution in [2.45, 2.75) is 84.3 Å². The Morgan fingerprint density at radius 3 is 2.23 bits per heavy atom. The Labute approximate surface area is 161 Å². The SMILES string of the molecule is CCCCCCC(O)CCC(=O)NCC(C)(C)CC[Si](OC)(OC)OC. The lowest BCUT2D eigenvalue weighted by Gasteiger charge is -2.30. The number of aliphatic hydroxyl groups is 1. The van der Waals surface area contributed by atoms with E-state index in [-0.39, 0.29) is 17.4 Å². The maximum atomic E-state index is 12.1. The van der Waals surface area contributed by atoms with Gasteiger partial charge >= 0.3 is 8.80 Å². The number of hydrogen-bond donors (Lipinski definition) is 2. The molecule has 0 heterocycles. The van der Waals surface area contributed by atoms with Gasteiger partial charge in [-0.3, -0.25) is 4.79 Å². The first-order valence-electron chi connectivity index (χ1n) is 9.84. The van der Waals surface area contributed by atoms with E-state index in [9.17, 15) is 9.90 Å². The molecule has 156 valence electrons. The van der Waals surface area contributed by atoms with E-state index < -0.39 is 8.80 Å². The van der Waals surface area contributed by atoms with E-state index >= 15 is 0 Å². The normalized spacial score (nSPS) is 13.7. The first-order valence-corrected chi connectivity index (χ1v) is 11.8. The smallest absolute Gasteiger partial charge is 0.393 e. The van der Waals surface area contributed by atoms with Gasteiger partial charge in [0, 0.05) is 40.3 Å². The predicted octanol–water partition coefficient (Wildman–Crippen LogP) is 3.51. The fourth-order valence-corrected chi connectivity index (χ4v) is 4.91. The summed E-state index contributed by atoms with van der Waals surface area (Å²) in [6.07, 6.45) is 6.74. The molecule has 1 atom stereocenters. The molecule has 6 nitrogen and oxygen atoms in total. The maximum Gasteiger partial charge on any atom is 0.500 e. The molecule has 0 aliphatic rings. The van der Waals surface area contributed by atoms with Crippen LogP contribution in [0.25, 0.3) is 0 Å². The van der Waals surface area contributed by atoms with Gasteiger partial charge in [-0.2, -0.15) is 0 Å². The van der Waals surface area contributed by atoms with Gasteiger partial charge in [0.05, 0.1) is 6.10 Å². The van der Waals surface area contributed by atoms with Crippen LogP contribution >= 0.6 is 0 Å². The Balaban J connectivity index is 4.08. The van der Waals surface area contributed by atoms with E-state index in [0.29, 0.717) is 25.4 Å². The minimum absolute atomic E-state index is 0.000541. The van der Waals surface area contributed by atoms with Crippen LogP contribution in [0.1, 0.15) is 72.1 Å². The molecule has 1 unspecified atom stereocenters. The van der Waals surface area contributed by atoms with Crippen LogP contribution in [-0.2, 0) is 18.1 Å². The summed E-state index contributed by atoms with van der Waals surface area (Å²) >= 11 is 0. The number of aliphatic hydroxyl groups excluding tert-OH is 1. The molecule has 0 aromatic heterocycles. The zero-order valence-corrected chi connectivity index (χ0v) is 18.7. The van der Waals surface area contributed by atoms with Crippen LogP contribution in [0.3, 0.4) is 0 Å². The highest BCUT2D eigenvalue weighted by atomic mass is 28.4. The Morgan fingerprint density at radius 2 is 1.69 bits per heavy atom. The molecule has 0 bridgehead atoms. The number of nitrogens with one attached hydrogen (secondary N) is 1. The molecular weight excluding hydrogens is 350 g/mol. The topological polar surface area (TPSA) is 77.0 Å². The van der Waals surface area contributed by atoms with Gasteiger partial charge in [0.25, 0.3) is 0 Å². The summed E-state index contributed by atoms with van der Waals surface area (Å²) in [5.74, 6) is -0.000541. The van der Waals surface area contributed by atoms with Crippen molar-refractivity contribution in [2.75, 3.05) is 27.9 Å². The van der Waals surface area contributed by atoms with E-state index in [1.807, 2.05) is 0 Å². The largest absolute Gasteiger partial charge is 0.500 e. The lowest BCUT2D eigenvalue weighted by Crippen LogP contribution is -2.44. The van der Waals surface area contributed by atoms with Crippen molar-refractivity contribution in [3.63, 3.8) is 0 Å². The third-order valence-electron chi connectivity index (χ3n) is 4.90. The highest BCUT2D eigenvalue weighted by molar-refractivity contribution is 6.60. The van der Waals surface area contributed by atoms with E-state index in [4.69, 9.17) is 13.3 Å². The molecule has 26 heavy (non-hydrogen) atoms. The summed E-state index contributed by atoms with van der Waals surface area (Å²) < 4.78 is 16.3. The Bertz CT molecular complexity index is 367. The lowest BCUT2D eigenvalue weighted by molar-refractivity contribution is -0.122. The van der Waals surface area contributed by atoms with E-state index in [0.717, 1.165) is 25.7 Å². The first kappa shape index (κ1) is 25.5. The van der Waals surface area contributed by atoms with E-state index in [1.165, 1.54) is 12.8 Å². The van der Waals surface area contributed by atoms with Gasteiger partial charge in [-0.05, 0) is 24.7 Å². The van der Waals surface area contributed by atoms with Gasteiger partial charge in [-0.15, -0.1) is 0 Å². The van der Waals surface area contributed by atoms with Crippen molar-refractivity contribution in [1.29, 1.82) is 0 Å². The third-order valence-corrected chi connectivity index (χ3v) is 7.63. The van der Waals surface area contributed by atoms with Crippen LogP contribution in [0.15, 0.2) is 0 Å². The van der Waals surface area contributed by atoms with Gasteiger partial charge in [-0.25, -0.2) is 0 Å². The minimum atomic E-state index is -2.58. The number of rotatable bonds is 16. The van der Waals surface area contributed by atoms with E-state index in [1.54, 1.807) is 21.3 Å². The summed E-state index contributed by atoms with van der Waals surface area (Å²) in [6.45, 7) is 6.97. The van der Waals surface area contributed by atoms with Crippen molar-refractivity contribution >= 4 is 14.7 Å². The molecule has 1 amide bonds. The Kier molecular flexibility index (Phi) is 13.4. The summed E-state index contributed by atoms with van der Waals surface area (Å²) in [5.41, 5.74) is -0.0811. The molecule has 7 heteroatoms. The average molecular weight is 392 g/mol. The van der Waals surface area contributed by atoms with Crippen LogP contribution in [0.5, 0.6) is 0 Å². The minimum Gasteiger partial charge on any atom is -0.393 e. The van der Waals surface area contributed by atoms with Crippen molar-refractivity contribution in [1.82, 2.24) is 5.32 Å². The average Bonchev–Trinajstić information content (AvgIpc) is 2.63. The number of carbonyl (C=O) groups excluding carboxylic acids is 1. The molecular formula is C19H41NO5Si. The number of carbonyl (C=O) groups is 1. The second kappa shape index (κ2) is 13.7. The van der Waals surface area contributed by atoms with Crippen molar-refractivity contribution in [2.24, 2.45) is 5.41 Å². The second-order valence-electron chi connectivity index (χ2n) is 7.78. The van der Waals surface area contributed by atoms with Gasteiger partial charge in [0.1, 0.15) is 0 Å². The summed E-state index contributed by atoms with van der Waals surface area (Å²) in [6, 6.07) is 0.704. The first-order chi connectivity index (χ1) is 12.2. The van der Waals surface area contributed by atoms with Crippen molar-refractivity contribution < 1.29 is 23.2 Å². The van der Waals surface area contributed by atoms with Gasteiger partial charge < -0.3 is 23.7 Å². The highest BCUT2D eigenvalue weighted by Gasteiger charge is 2.39. The maximum absolute atomic E-state index is 12.1. The standard InChI is InChI=1S/C19H41NO5Si/c1-7-8-9-10-11-17(21)12-13-18(22)20-16-19(2,3)14-15-26(23-4,24-5)25-6/h17,21H,7-16H2,1-6H3,(H,20,22). The van der Waals surface area contributed by atoms with Crippen LogP contribution in [-0.4, -0.2) is 53.8 Å². The summed E-state index contributed by atoms with van der Waals surface area (Å²) in [5, 5.41) is 13.0. The predicted molar refractivity (Wildman–Crippen MR) is 107 cm³/mol. The molecule has 2 N–H and O–H groups in total. The molecule has 0 aromatic carbocycles. The number of hydrogen-bond acceptors (Lipinski definition) is 5. The monoisotopic (exact) mass is 391 g/mol. The fourth-order valence-electron chi connectivity index (χ4n) is 2.81.